The fourth-order valence-electron chi connectivity index (χ4n) is 3.38. The standard InChI is InChI=1S/C22H27N3O10/c1-12(26)30-11-18-19(31-13(2)27)20(32-14(3)28)21(33-15(4)29)22(35-18)34-17-7-5-16(6-8-17)9-10-24-25-23/h5-8,18-22H,9-11H2,1-4H3/t18?,19-,20?,21?,22+/m0/s1. The van der Waals surface area contributed by atoms with E-state index in [0.717, 1.165) is 26.3 Å². The Labute approximate surface area is 201 Å². The van der Waals surface area contributed by atoms with Crippen LogP contribution in [-0.4, -0.2) is 67.7 Å². The first-order chi connectivity index (χ1) is 16.6. The lowest BCUT2D eigenvalue weighted by Crippen LogP contribution is -2.63. The molecule has 3 unspecified atom stereocenters. The molecular formula is C22H27N3O10. The first kappa shape index (κ1) is 27.4. The number of carbonyl (C=O) groups excluding carboxylic acids is 4. The van der Waals surface area contributed by atoms with E-state index in [-0.39, 0.29) is 13.2 Å². The first-order valence-electron chi connectivity index (χ1n) is 10.7. The molecule has 5 atom stereocenters. The molecule has 1 heterocycles. The number of benzene rings is 1. The number of hydrogen-bond acceptors (Lipinski definition) is 11. The van der Waals surface area contributed by atoms with E-state index in [0.29, 0.717) is 12.2 Å². The lowest BCUT2D eigenvalue weighted by Gasteiger charge is -2.43. The molecule has 35 heavy (non-hydrogen) atoms. The number of carbonyl (C=O) groups is 4. The van der Waals surface area contributed by atoms with Crippen LogP contribution in [0.4, 0.5) is 0 Å². The van der Waals surface area contributed by atoms with Crippen molar-refractivity contribution in [2.45, 2.75) is 64.8 Å². The van der Waals surface area contributed by atoms with Crippen LogP contribution in [0.3, 0.4) is 0 Å². The van der Waals surface area contributed by atoms with Crippen LogP contribution in [-0.2, 0) is 49.3 Å². The van der Waals surface area contributed by atoms with Crippen molar-refractivity contribution in [3.63, 3.8) is 0 Å². The molecule has 0 aliphatic carbocycles. The van der Waals surface area contributed by atoms with Gasteiger partial charge < -0.3 is 28.4 Å². The highest BCUT2D eigenvalue weighted by Gasteiger charge is 2.53. The Morgan fingerprint density at radius 3 is 2.00 bits per heavy atom. The Balaban J connectivity index is 2.36. The SMILES string of the molecule is CC(=O)OCC1O[C@@H](Oc2ccc(CCN=[N+]=[N-])cc2)C(OC(C)=O)C(OC(C)=O)[C@H]1OC(C)=O. The van der Waals surface area contributed by atoms with E-state index in [1.54, 1.807) is 24.3 Å². The maximum atomic E-state index is 11.9. The molecule has 0 saturated carbocycles. The molecule has 0 spiro atoms. The van der Waals surface area contributed by atoms with Crippen molar-refractivity contribution >= 4 is 23.9 Å². The molecule has 1 saturated heterocycles. The zero-order chi connectivity index (χ0) is 26.0. The molecule has 1 aliphatic rings. The van der Waals surface area contributed by atoms with Crippen LogP contribution in [0.2, 0.25) is 0 Å². The summed E-state index contributed by atoms with van der Waals surface area (Å²) in [5, 5.41) is 3.49. The molecule has 2 rings (SSSR count). The summed E-state index contributed by atoms with van der Waals surface area (Å²) in [5.74, 6) is -2.48. The Bertz CT molecular complexity index is 961. The zero-order valence-corrected chi connectivity index (χ0v) is 19.7. The summed E-state index contributed by atoms with van der Waals surface area (Å²) >= 11 is 0. The van der Waals surface area contributed by atoms with Crippen molar-refractivity contribution in [2.75, 3.05) is 13.2 Å². The van der Waals surface area contributed by atoms with Gasteiger partial charge in [0, 0.05) is 39.2 Å². The van der Waals surface area contributed by atoms with Gasteiger partial charge in [-0.1, -0.05) is 17.2 Å². The normalized spacial score (nSPS) is 23.3. The van der Waals surface area contributed by atoms with Crippen LogP contribution in [0.5, 0.6) is 5.75 Å². The predicted molar refractivity (Wildman–Crippen MR) is 117 cm³/mol. The second-order valence-electron chi connectivity index (χ2n) is 7.53. The molecule has 0 bridgehead atoms. The third-order valence-corrected chi connectivity index (χ3v) is 4.69. The van der Waals surface area contributed by atoms with E-state index >= 15 is 0 Å². The molecule has 0 radical (unpaired) electrons. The topological polar surface area (TPSA) is 172 Å². The summed E-state index contributed by atoms with van der Waals surface area (Å²) in [4.78, 5) is 49.6. The third kappa shape index (κ3) is 8.80. The second-order valence-corrected chi connectivity index (χ2v) is 7.53. The molecule has 190 valence electrons. The van der Waals surface area contributed by atoms with Gasteiger partial charge in [-0.15, -0.1) is 0 Å². The molecule has 1 aliphatic heterocycles. The number of azide groups is 1. The number of esters is 4. The van der Waals surface area contributed by atoms with Crippen molar-refractivity contribution in [2.24, 2.45) is 5.11 Å². The van der Waals surface area contributed by atoms with Crippen molar-refractivity contribution in [1.82, 2.24) is 0 Å². The lowest BCUT2D eigenvalue weighted by atomic mass is 9.98. The summed E-state index contributed by atoms with van der Waals surface area (Å²) in [5.41, 5.74) is 9.27. The van der Waals surface area contributed by atoms with Crippen molar-refractivity contribution < 1.29 is 47.6 Å². The van der Waals surface area contributed by atoms with E-state index in [1.165, 1.54) is 6.92 Å². The molecule has 1 aromatic carbocycles. The maximum absolute atomic E-state index is 11.9. The predicted octanol–water partition coefficient (Wildman–Crippen LogP) is 2.00. The summed E-state index contributed by atoms with van der Waals surface area (Å²) in [6, 6.07) is 6.74. The van der Waals surface area contributed by atoms with Gasteiger partial charge >= 0.3 is 23.9 Å². The Morgan fingerprint density at radius 2 is 1.46 bits per heavy atom. The molecule has 0 amide bonds. The van der Waals surface area contributed by atoms with Gasteiger partial charge in [-0.3, -0.25) is 19.2 Å². The Morgan fingerprint density at radius 1 is 0.886 bits per heavy atom. The highest BCUT2D eigenvalue weighted by Crippen LogP contribution is 2.31. The second kappa shape index (κ2) is 13.2. The fraction of sp³-hybridized carbons (Fsp3) is 0.545. The van der Waals surface area contributed by atoms with Gasteiger partial charge in [-0.05, 0) is 29.6 Å². The number of hydrogen-bond donors (Lipinski definition) is 0. The van der Waals surface area contributed by atoms with E-state index in [4.69, 9.17) is 34.0 Å². The first-order valence-corrected chi connectivity index (χ1v) is 10.7. The lowest BCUT2D eigenvalue weighted by molar-refractivity contribution is -0.288. The van der Waals surface area contributed by atoms with Crippen molar-refractivity contribution in [3.8, 4) is 5.75 Å². The van der Waals surface area contributed by atoms with Gasteiger partial charge in [0.25, 0.3) is 0 Å². The molecular weight excluding hydrogens is 466 g/mol. The largest absolute Gasteiger partial charge is 0.463 e. The number of ether oxygens (including phenoxy) is 6. The van der Waals surface area contributed by atoms with Gasteiger partial charge in [0.2, 0.25) is 12.4 Å². The van der Waals surface area contributed by atoms with Gasteiger partial charge in [-0.25, -0.2) is 0 Å². The van der Waals surface area contributed by atoms with Crippen LogP contribution in [0, 0.1) is 0 Å². The van der Waals surface area contributed by atoms with Crippen LogP contribution in [0.15, 0.2) is 29.4 Å². The van der Waals surface area contributed by atoms with Gasteiger partial charge in [0.1, 0.15) is 18.5 Å². The average Bonchev–Trinajstić information content (AvgIpc) is 2.77. The van der Waals surface area contributed by atoms with E-state index in [9.17, 15) is 19.2 Å². The average molecular weight is 493 g/mol. The van der Waals surface area contributed by atoms with Gasteiger partial charge in [-0.2, -0.15) is 0 Å². The Hall–Kier alpha value is -3.83. The summed E-state index contributed by atoms with van der Waals surface area (Å²) in [7, 11) is 0. The number of rotatable bonds is 10. The van der Waals surface area contributed by atoms with Crippen LogP contribution < -0.4 is 4.74 Å². The molecule has 13 nitrogen and oxygen atoms in total. The van der Waals surface area contributed by atoms with E-state index in [2.05, 4.69) is 10.0 Å². The van der Waals surface area contributed by atoms with Crippen LogP contribution >= 0.6 is 0 Å². The van der Waals surface area contributed by atoms with Crippen molar-refractivity contribution in [3.05, 3.63) is 40.3 Å². The smallest absolute Gasteiger partial charge is 0.303 e. The van der Waals surface area contributed by atoms with Gasteiger partial charge in [0.05, 0.1) is 0 Å². The van der Waals surface area contributed by atoms with Gasteiger partial charge in [0.15, 0.2) is 12.2 Å². The molecule has 0 N–H and O–H groups in total. The zero-order valence-electron chi connectivity index (χ0n) is 19.7. The minimum Gasteiger partial charge on any atom is -0.463 e. The maximum Gasteiger partial charge on any atom is 0.303 e. The van der Waals surface area contributed by atoms with E-state index < -0.39 is 54.6 Å². The minimum atomic E-state index is -1.32. The summed E-state index contributed by atoms with van der Waals surface area (Å²) in [6.45, 7) is 4.54. The monoisotopic (exact) mass is 493 g/mol. The molecule has 1 fully saturated rings. The molecule has 1 aromatic rings. The fourth-order valence-corrected chi connectivity index (χ4v) is 3.38. The molecule has 13 heteroatoms. The third-order valence-electron chi connectivity index (χ3n) is 4.69. The van der Waals surface area contributed by atoms with Crippen LogP contribution in [0.1, 0.15) is 33.3 Å². The quantitative estimate of drug-likeness (QED) is 0.154. The highest BCUT2D eigenvalue weighted by atomic mass is 16.7. The number of nitrogens with zero attached hydrogens (tertiary/aromatic N) is 3. The summed E-state index contributed by atoms with van der Waals surface area (Å²) < 4.78 is 32.8. The van der Waals surface area contributed by atoms with E-state index in [1.807, 2.05) is 0 Å². The van der Waals surface area contributed by atoms with Crippen molar-refractivity contribution in [1.29, 1.82) is 0 Å². The minimum absolute atomic E-state index is 0.288. The highest BCUT2D eigenvalue weighted by molar-refractivity contribution is 5.68. The summed E-state index contributed by atoms with van der Waals surface area (Å²) in [6.07, 6.45) is -5.80. The molecule has 0 aromatic heterocycles. The Kier molecular flexibility index (Phi) is 10.3. The van der Waals surface area contributed by atoms with Crippen LogP contribution in [0.25, 0.3) is 10.4 Å².